The van der Waals surface area contributed by atoms with Crippen molar-refractivity contribution in [1.82, 2.24) is 14.7 Å². The topological polar surface area (TPSA) is 47.8 Å². The third kappa shape index (κ3) is 3.56. The fourth-order valence-corrected chi connectivity index (χ4v) is 2.48. The van der Waals surface area contributed by atoms with Crippen LogP contribution in [-0.2, 0) is 11.3 Å². The molecule has 0 aliphatic carbocycles. The summed E-state index contributed by atoms with van der Waals surface area (Å²) < 4.78 is 12.8. The number of fused-ring (bicyclic) bond motifs is 1. The number of methoxy groups -OCH3 is 1. The summed E-state index contributed by atoms with van der Waals surface area (Å²) in [6.07, 6.45) is 4.76. The van der Waals surface area contributed by atoms with Crippen LogP contribution < -0.4 is 10.1 Å². The van der Waals surface area contributed by atoms with Crippen LogP contribution in [0.4, 0.5) is 0 Å². The molecular formula is C13H19N3O2S. The summed E-state index contributed by atoms with van der Waals surface area (Å²) >= 11 is 1.60. The summed E-state index contributed by atoms with van der Waals surface area (Å²) in [5.74, 6) is 0.687. The average molecular weight is 281 g/mol. The van der Waals surface area contributed by atoms with Gasteiger partial charge in [0.2, 0.25) is 5.88 Å². The van der Waals surface area contributed by atoms with Crippen LogP contribution >= 0.6 is 11.3 Å². The molecule has 0 amide bonds. The molecule has 2 aromatic rings. The van der Waals surface area contributed by atoms with Gasteiger partial charge in [-0.2, -0.15) is 4.98 Å². The fraction of sp³-hybridized carbons (Fsp3) is 0.462. The summed E-state index contributed by atoms with van der Waals surface area (Å²) in [5, 5.41) is 5.35. The Kier molecular flexibility index (Phi) is 5.38. The molecule has 1 N–H and O–H groups in total. The first kappa shape index (κ1) is 14.0. The van der Waals surface area contributed by atoms with Gasteiger partial charge in [-0.1, -0.05) is 6.08 Å². The van der Waals surface area contributed by atoms with Gasteiger partial charge in [-0.25, -0.2) is 0 Å². The van der Waals surface area contributed by atoms with E-state index in [1.807, 2.05) is 17.7 Å². The van der Waals surface area contributed by atoms with Gasteiger partial charge in [-0.3, -0.25) is 4.40 Å². The predicted molar refractivity (Wildman–Crippen MR) is 77.0 cm³/mol. The van der Waals surface area contributed by atoms with Gasteiger partial charge in [-0.05, 0) is 6.42 Å². The number of hydrogen-bond acceptors (Lipinski definition) is 5. The second-order valence-corrected chi connectivity index (χ2v) is 4.86. The average Bonchev–Trinajstić information content (AvgIpc) is 2.99. The summed E-state index contributed by atoms with van der Waals surface area (Å²) in [6.45, 7) is 6.60. The van der Waals surface area contributed by atoms with Crippen LogP contribution in [0.3, 0.4) is 0 Å². The Labute approximate surface area is 116 Å². The molecule has 0 aliphatic rings. The van der Waals surface area contributed by atoms with Crippen molar-refractivity contribution in [3.63, 3.8) is 0 Å². The molecule has 0 saturated carbocycles. The number of imidazole rings is 1. The Morgan fingerprint density at radius 3 is 3.21 bits per heavy atom. The Balaban J connectivity index is 1.80. The van der Waals surface area contributed by atoms with Crippen LogP contribution in [0.15, 0.2) is 24.2 Å². The smallest absolute Gasteiger partial charge is 0.237 e. The second-order valence-electron chi connectivity index (χ2n) is 3.99. The summed E-state index contributed by atoms with van der Waals surface area (Å²) in [7, 11) is 1.65. The third-order valence-corrected chi connectivity index (χ3v) is 3.46. The van der Waals surface area contributed by atoms with Gasteiger partial charge in [0.25, 0.3) is 0 Å². The molecule has 0 radical (unpaired) electrons. The van der Waals surface area contributed by atoms with Crippen molar-refractivity contribution < 1.29 is 9.47 Å². The number of hydrogen-bond donors (Lipinski definition) is 1. The molecule has 2 heterocycles. The highest BCUT2D eigenvalue weighted by atomic mass is 32.1. The molecule has 19 heavy (non-hydrogen) atoms. The van der Waals surface area contributed by atoms with Crippen molar-refractivity contribution in [1.29, 1.82) is 0 Å². The maximum Gasteiger partial charge on any atom is 0.237 e. The SMILES string of the molecule is C=CCCOCCNCc1c(OC)nc2sccn12. The van der Waals surface area contributed by atoms with E-state index in [-0.39, 0.29) is 0 Å². The molecule has 0 atom stereocenters. The Hall–Kier alpha value is -1.37. The van der Waals surface area contributed by atoms with E-state index in [4.69, 9.17) is 9.47 Å². The van der Waals surface area contributed by atoms with E-state index in [1.54, 1.807) is 18.4 Å². The highest BCUT2D eigenvalue weighted by Gasteiger charge is 2.12. The van der Waals surface area contributed by atoms with Gasteiger partial charge in [0.15, 0.2) is 4.96 Å². The van der Waals surface area contributed by atoms with Crippen LogP contribution in [0.1, 0.15) is 12.1 Å². The maximum absolute atomic E-state index is 5.44. The van der Waals surface area contributed by atoms with Crippen molar-refractivity contribution in [3.05, 3.63) is 29.9 Å². The largest absolute Gasteiger partial charge is 0.480 e. The second kappa shape index (κ2) is 7.28. The summed E-state index contributed by atoms with van der Waals surface area (Å²) in [4.78, 5) is 5.36. The highest BCUT2D eigenvalue weighted by Crippen LogP contribution is 2.22. The number of ether oxygens (including phenoxy) is 2. The molecular weight excluding hydrogens is 262 g/mol. The van der Waals surface area contributed by atoms with E-state index >= 15 is 0 Å². The molecule has 0 unspecified atom stereocenters. The Morgan fingerprint density at radius 2 is 2.42 bits per heavy atom. The zero-order valence-electron chi connectivity index (χ0n) is 11.1. The first-order valence-corrected chi connectivity index (χ1v) is 7.12. The third-order valence-electron chi connectivity index (χ3n) is 2.70. The van der Waals surface area contributed by atoms with Gasteiger partial charge in [-0.15, -0.1) is 17.9 Å². The van der Waals surface area contributed by atoms with Crippen molar-refractivity contribution in [2.45, 2.75) is 13.0 Å². The molecule has 0 aliphatic heterocycles. The van der Waals surface area contributed by atoms with E-state index < -0.39 is 0 Å². The number of aromatic nitrogens is 2. The molecule has 6 heteroatoms. The predicted octanol–water partition coefficient (Wildman–Crippen LogP) is 2.09. The van der Waals surface area contributed by atoms with E-state index in [0.717, 1.165) is 30.2 Å². The molecule has 104 valence electrons. The molecule has 2 rings (SSSR count). The first-order valence-electron chi connectivity index (χ1n) is 6.24. The van der Waals surface area contributed by atoms with Crippen molar-refractivity contribution in [3.8, 4) is 5.88 Å². The van der Waals surface area contributed by atoms with Crippen molar-refractivity contribution in [2.24, 2.45) is 0 Å². The fourth-order valence-electron chi connectivity index (χ4n) is 1.76. The molecule has 0 fully saturated rings. The zero-order valence-corrected chi connectivity index (χ0v) is 11.9. The molecule has 0 aromatic carbocycles. The van der Waals surface area contributed by atoms with E-state index in [1.165, 1.54) is 0 Å². The zero-order chi connectivity index (χ0) is 13.5. The lowest BCUT2D eigenvalue weighted by Gasteiger charge is -2.06. The van der Waals surface area contributed by atoms with E-state index in [2.05, 4.69) is 21.3 Å². The standard InChI is InChI=1S/C13H19N3O2S/c1-3-4-7-18-8-5-14-10-11-12(17-2)15-13-16(11)6-9-19-13/h3,6,9,14H,1,4-5,7-8,10H2,2H3. The molecule has 0 bridgehead atoms. The first-order chi connectivity index (χ1) is 9.36. The van der Waals surface area contributed by atoms with Crippen LogP contribution in [0.5, 0.6) is 5.88 Å². The van der Waals surface area contributed by atoms with Gasteiger partial charge in [0, 0.05) is 24.7 Å². The van der Waals surface area contributed by atoms with Gasteiger partial charge >= 0.3 is 0 Å². The lowest BCUT2D eigenvalue weighted by atomic mass is 10.4. The lowest BCUT2D eigenvalue weighted by molar-refractivity contribution is 0.140. The Bertz CT molecular complexity index is 521. The maximum atomic E-state index is 5.44. The summed E-state index contributed by atoms with van der Waals surface area (Å²) in [5.41, 5.74) is 1.05. The van der Waals surface area contributed by atoms with Gasteiger partial charge in [0.1, 0.15) is 5.69 Å². The highest BCUT2D eigenvalue weighted by molar-refractivity contribution is 7.15. The van der Waals surface area contributed by atoms with Crippen LogP contribution in [0.2, 0.25) is 0 Å². The van der Waals surface area contributed by atoms with Crippen molar-refractivity contribution >= 4 is 16.3 Å². The minimum atomic E-state index is 0.687. The van der Waals surface area contributed by atoms with Gasteiger partial charge in [0.05, 0.1) is 20.3 Å². The minimum Gasteiger partial charge on any atom is -0.480 e. The Morgan fingerprint density at radius 1 is 1.53 bits per heavy atom. The van der Waals surface area contributed by atoms with E-state index in [9.17, 15) is 0 Å². The molecule has 2 aromatic heterocycles. The van der Waals surface area contributed by atoms with Crippen LogP contribution in [0.25, 0.3) is 4.96 Å². The van der Waals surface area contributed by atoms with Crippen LogP contribution in [0, 0.1) is 0 Å². The molecule has 5 nitrogen and oxygen atoms in total. The number of nitrogens with zero attached hydrogens (tertiary/aromatic N) is 2. The summed E-state index contributed by atoms with van der Waals surface area (Å²) in [6, 6.07) is 0. The molecule has 0 spiro atoms. The number of nitrogens with one attached hydrogen (secondary N) is 1. The lowest BCUT2D eigenvalue weighted by Crippen LogP contribution is -2.20. The number of rotatable bonds is 9. The number of thiazole rings is 1. The monoisotopic (exact) mass is 281 g/mol. The van der Waals surface area contributed by atoms with Crippen molar-refractivity contribution in [2.75, 3.05) is 26.9 Å². The minimum absolute atomic E-state index is 0.687. The van der Waals surface area contributed by atoms with E-state index in [0.29, 0.717) is 19.0 Å². The molecule has 0 saturated heterocycles. The quantitative estimate of drug-likeness (QED) is 0.565. The van der Waals surface area contributed by atoms with Crippen LogP contribution in [-0.4, -0.2) is 36.3 Å². The van der Waals surface area contributed by atoms with Gasteiger partial charge < -0.3 is 14.8 Å². The normalized spacial score (nSPS) is 11.0.